The highest BCUT2D eigenvalue weighted by molar-refractivity contribution is 5.21. The highest BCUT2D eigenvalue weighted by Crippen LogP contribution is 2.40. The molecule has 0 amide bonds. The van der Waals surface area contributed by atoms with Gasteiger partial charge in [0.15, 0.2) is 0 Å². The molecular formula is C15H27N3. The van der Waals surface area contributed by atoms with Gasteiger partial charge in [0.05, 0.1) is 6.20 Å². The van der Waals surface area contributed by atoms with Gasteiger partial charge in [0.25, 0.3) is 0 Å². The van der Waals surface area contributed by atoms with Gasteiger partial charge in [0, 0.05) is 24.3 Å². The first-order chi connectivity index (χ1) is 8.69. The zero-order valence-corrected chi connectivity index (χ0v) is 12.2. The Morgan fingerprint density at radius 2 is 2.17 bits per heavy atom. The Kier molecular flexibility index (Phi) is 4.44. The summed E-state index contributed by atoms with van der Waals surface area (Å²) in [5.74, 6) is 1.65. The van der Waals surface area contributed by atoms with Crippen LogP contribution < -0.4 is 5.32 Å². The molecule has 1 heterocycles. The lowest BCUT2D eigenvalue weighted by Crippen LogP contribution is -2.32. The second-order valence-electron chi connectivity index (χ2n) is 5.69. The zero-order chi connectivity index (χ0) is 13.1. The highest BCUT2D eigenvalue weighted by Gasteiger charge is 2.32. The molecule has 0 aliphatic heterocycles. The van der Waals surface area contributed by atoms with E-state index in [1.807, 2.05) is 11.7 Å². The minimum Gasteiger partial charge on any atom is -0.313 e. The summed E-state index contributed by atoms with van der Waals surface area (Å²) < 4.78 is 1.99. The maximum atomic E-state index is 4.41. The van der Waals surface area contributed by atoms with Crippen molar-refractivity contribution in [3.8, 4) is 0 Å². The molecule has 0 saturated heterocycles. The molecule has 1 aliphatic rings. The number of rotatable bonds is 4. The SMILES string of the molecule is CCC1CCCCC1C(NC)c1cnn(C)c1C. The van der Waals surface area contributed by atoms with Gasteiger partial charge in [-0.2, -0.15) is 5.10 Å². The van der Waals surface area contributed by atoms with Gasteiger partial charge in [0.1, 0.15) is 0 Å². The van der Waals surface area contributed by atoms with Gasteiger partial charge in [-0.3, -0.25) is 4.68 Å². The lowest BCUT2D eigenvalue weighted by Gasteiger charge is -2.36. The third kappa shape index (κ3) is 2.46. The number of nitrogens with one attached hydrogen (secondary N) is 1. The Balaban J connectivity index is 2.24. The van der Waals surface area contributed by atoms with Crippen LogP contribution in [0.5, 0.6) is 0 Å². The van der Waals surface area contributed by atoms with Gasteiger partial charge < -0.3 is 5.32 Å². The van der Waals surface area contributed by atoms with Crippen LogP contribution in [0.1, 0.15) is 56.3 Å². The molecule has 1 saturated carbocycles. The fourth-order valence-electron chi connectivity index (χ4n) is 3.60. The molecule has 1 aromatic rings. The van der Waals surface area contributed by atoms with E-state index in [-0.39, 0.29) is 0 Å². The topological polar surface area (TPSA) is 29.9 Å². The van der Waals surface area contributed by atoms with E-state index >= 15 is 0 Å². The average Bonchev–Trinajstić information content (AvgIpc) is 2.73. The van der Waals surface area contributed by atoms with Crippen LogP contribution in [0.25, 0.3) is 0 Å². The number of hydrogen-bond acceptors (Lipinski definition) is 2. The van der Waals surface area contributed by atoms with Crippen molar-refractivity contribution in [2.24, 2.45) is 18.9 Å². The largest absolute Gasteiger partial charge is 0.313 e. The monoisotopic (exact) mass is 249 g/mol. The first kappa shape index (κ1) is 13.6. The molecule has 0 spiro atoms. The molecule has 1 fully saturated rings. The molecule has 3 nitrogen and oxygen atoms in total. The Bertz CT molecular complexity index is 383. The second kappa shape index (κ2) is 5.87. The molecule has 1 aliphatic carbocycles. The van der Waals surface area contributed by atoms with Crippen LogP contribution in [0.15, 0.2) is 6.20 Å². The standard InChI is InChI=1S/C15H27N3/c1-5-12-8-6-7-9-13(12)15(16-3)14-10-17-18(4)11(14)2/h10,12-13,15-16H,5-9H2,1-4H3. The van der Waals surface area contributed by atoms with Gasteiger partial charge in [-0.1, -0.05) is 32.6 Å². The Morgan fingerprint density at radius 3 is 2.72 bits per heavy atom. The predicted molar refractivity (Wildman–Crippen MR) is 75.5 cm³/mol. The molecule has 18 heavy (non-hydrogen) atoms. The van der Waals surface area contributed by atoms with E-state index in [9.17, 15) is 0 Å². The van der Waals surface area contributed by atoms with Crippen LogP contribution in [0.2, 0.25) is 0 Å². The Morgan fingerprint density at radius 1 is 1.44 bits per heavy atom. The summed E-state index contributed by atoms with van der Waals surface area (Å²) in [6, 6.07) is 0.476. The minimum atomic E-state index is 0.476. The number of hydrogen-bond donors (Lipinski definition) is 1. The first-order valence-electron chi connectivity index (χ1n) is 7.34. The van der Waals surface area contributed by atoms with Gasteiger partial charge in [-0.15, -0.1) is 0 Å². The van der Waals surface area contributed by atoms with E-state index in [1.165, 1.54) is 43.4 Å². The third-order valence-corrected chi connectivity index (χ3v) is 4.84. The van der Waals surface area contributed by atoms with E-state index < -0.39 is 0 Å². The normalized spacial score (nSPS) is 26.2. The van der Waals surface area contributed by atoms with Crippen LogP contribution in [0.3, 0.4) is 0 Å². The number of nitrogens with zero attached hydrogens (tertiary/aromatic N) is 2. The maximum Gasteiger partial charge on any atom is 0.0540 e. The minimum absolute atomic E-state index is 0.476. The van der Waals surface area contributed by atoms with Crippen molar-refractivity contribution in [2.45, 2.75) is 52.0 Å². The number of aromatic nitrogens is 2. The van der Waals surface area contributed by atoms with Crippen molar-refractivity contribution < 1.29 is 0 Å². The van der Waals surface area contributed by atoms with Crippen molar-refractivity contribution in [1.29, 1.82) is 0 Å². The molecular weight excluding hydrogens is 222 g/mol. The van der Waals surface area contributed by atoms with E-state index in [2.05, 4.69) is 37.5 Å². The maximum absolute atomic E-state index is 4.41. The summed E-state index contributed by atoms with van der Waals surface area (Å²) >= 11 is 0. The molecule has 3 atom stereocenters. The average molecular weight is 249 g/mol. The second-order valence-corrected chi connectivity index (χ2v) is 5.69. The van der Waals surface area contributed by atoms with Gasteiger partial charge in [0.2, 0.25) is 0 Å². The molecule has 3 heteroatoms. The van der Waals surface area contributed by atoms with Crippen molar-refractivity contribution in [3.63, 3.8) is 0 Å². The van der Waals surface area contributed by atoms with Crippen molar-refractivity contribution in [1.82, 2.24) is 15.1 Å². The highest BCUT2D eigenvalue weighted by atomic mass is 15.3. The summed E-state index contributed by atoms with van der Waals surface area (Å²) in [5, 5.41) is 7.96. The number of aryl methyl sites for hydroxylation is 1. The zero-order valence-electron chi connectivity index (χ0n) is 12.2. The van der Waals surface area contributed by atoms with Crippen LogP contribution in [0, 0.1) is 18.8 Å². The Hall–Kier alpha value is -0.830. The molecule has 3 unspecified atom stereocenters. The van der Waals surface area contributed by atoms with Crippen LogP contribution >= 0.6 is 0 Å². The van der Waals surface area contributed by atoms with E-state index in [1.54, 1.807) is 0 Å². The van der Waals surface area contributed by atoms with Crippen molar-refractivity contribution in [2.75, 3.05) is 7.05 Å². The summed E-state index contributed by atoms with van der Waals surface area (Å²) in [6.45, 7) is 4.52. The first-order valence-corrected chi connectivity index (χ1v) is 7.34. The molecule has 2 rings (SSSR count). The third-order valence-electron chi connectivity index (χ3n) is 4.84. The molecule has 102 valence electrons. The molecule has 0 aromatic carbocycles. The molecule has 0 radical (unpaired) electrons. The summed E-state index contributed by atoms with van der Waals surface area (Å²) in [5.41, 5.74) is 2.69. The fourth-order valence-corrected chi connectivity index (χ4v) is 3.60. The van der Waals surface area contributed by atoms with E-state index in [4.69, 9.17) is 0 Å². The van der Waals surface area contributed by atoms with Crippen LogP contribution in [-0.2, 0) is 7.05 Å². The molecule has 0 bridgehead atoms. The van der Waals surface area contributed by atoms with Gasteiger partial charge >= 0.3 is 0 Å². The van der Waals surface area contributed by atoms with Crippen LogP contribution in [-0.4, -0.2) is 16.8 Å². The molecule has 1 N–H and O–H groups in total. The predicted octanol–water partition coefficient (Wildman–Crippen LogP) is 3.21. The molecule has 1 aromatic heterocycles. The van der Waals surface area contributed by atoms with Gasteiger partial charge in [-0.25, -0.2) is 0 Å². The summed E-state index contributed by atoms with van der Waals surface area (Å²) in [4.78, 5) is 0. The van der Waals surface area contributed by atoms with Crippen molar-refractivity contribution >= 4 is 0 Å². The van der Waals surface area contributed by atoms with E-state index in [0.29, 0.717) is 6.04 Å². The fraction of sp³-hybridized carbons (Fsp3) is 0.800. The quantitative estimate of drug-likeness (QED) is 0.888. The van der Waals surface area contributed by atoms with Crippen molar-refractivity contribution in [3.05, 3.63) is 17.5 Å². The lowest BCUT2D eigenvalue weighted by atomic mass is 9.72. The summed E-state index contributed by atoms with van der Waals surface area (Å²) in [6.07, 6.45) is 8.92. The Labute approximate surface area is 111 Å². The summed E-state index contributed by atoms with van der Waals surface area (Å²) in [7, 11) is 4.13. The van der Waals surface area contributed by atoms with E-state index in [0.717, 1.165) is 11.8 Å². The van der Waals surface area contributed by atoms with Gasteiger partial charge in [-0.05, 0) is 32.2 Å². The lowest BCUT2D eigenvalue weighted by molar-refractivity contribution is 0.180. The van der Waals surface area contributed by atoms with Crippen LogP contribution in [0.4, 0.5) is 0 Å². The smallest absolute Gasteiger partial charge is 0.0540 e.